The van der Waals surface area contributed by atoms with Gasteiger partial charge in [0.25, 0.3) is 5.78 Å². The summed E-state index contributed by atoms with van der Waals surface area (Å²) in [5.74, 6) is -1.30. The number of esters is 1. The zero-order chi connectivity index (χ0) is 31.1. The lowest BCUT2D eigenvalue weighted by atomic mass is 9.95. The Kier molecular flexibility index (Phi) is 10.4. The number of aliphatic hydroxyl groups is 1. The molecule has 1 unspecified atom stereocenters. The first kappa shape index (κ1) is 31.6. The number of hydrogen-bond donors (Lipinski definition) is 1. The molecule has 4 rings (SSSR count). The van der Waals surface area contributed by atoms with Crippen LogP contribution in [0.5, 0.6) is 17.2 Å². The summed E-state index contributed by atoms with van der Waals surface area (Å²) in [5, 5.41) is 11.7. The van der Waals surface area contributed by atoms with Crippen molar-refractivity contribution in [1.82, 2.24) is 4.98 Å². The maximum absolute atomic E-state index is 13.7. The Labute approximate surface area is 254 Å². The lowest BCUT2D eigenvalue weighted by Gasteiger charge is -2.24. The highest BCUT2D eigenvalue weighted by atomic mass is 32.1. The van der Waals surface area contributed by atoms with E-state index in [1.807, 2.05) is 6.92 Å². The molecule has 11 heteroatoms. The summed E-state index contributed by atoms with van der Waals surface area (Å²) < 4.78 is 22.4. The molecule has 0 aliphatic carbocycles. The van der Waals surface area contributed by atoms with Crippen LogP contribution in [0.3, 0.4) is 0 Å². The summed E-state index contributed by atoms with van der Waals surface area (Å²) in [5.41, 5.74) is 1.01. The van der Waals surface area contributed by atoms with Gasteiger partial charge in [0, 0.05) is 5.56 Å². The normalized spacial score (nSPS) is 15.9. The van der Waals surface area contributed by atoms with Gasteiger partial charge in [-0.3, -0.25) is 14.5 Å². The second kappa shape index (κ2) is 14.2. The van der Waals surface area contributed by atoms with E-state index < -0.39 is 23.7 Å². The van der Waals surface area contributed by atoms with Gasteiger partial charge in [0.05, 0.1) is 44.2 Å². The van der Waals surface area contributed by atoms with Gasteiger partial charge in [-0.2, -0.15) is 0 Å². The summed E-state index contributed by atoms with van der Waals surface area (Å²) in [6.45, 7) is 8.51. The fraction of sp³-hybridized carbons (Fsp3) is 0.375. The minimum Gasteiger partial charge on any atom is -0.507 e. The third-order valence-electron chi connectivity index (χ3n) is 6.74. The monoisotopic (exact) mass is 608 g/mol. The van der Waals surface area contributed by atoms with Crippen LogP contribution in [-0.4, -0.2) is 54.7 Å². The summed E-state index contributed by atoms with van der Waals surface area (Å²) >= 11 is 0.944. The molecule has 3 aromatic rings. The zero-order valence-electron chi connectivity index (χ0n) is 25.0. The molecule has 43 heavy (non-hydrogen) atoms. The minimum atomic E-state index is -1.08. The highest BCUT2D eigenvalue weighted by Crippen LogP contribution is 2.45. The molecule has 1 aliphatic heterocycles. The van der Waals surface area contributed by atoms with E-state index in [0.717, 1.165) is 30.6 Å². The molecule has 1 aromatic heterocycles. The number of Topliss-reactive ketones (excluding diaryl/α,β-unsaturated/α-hetero) is 1. The highest BCUT2D eigenvalue weighted by molar-refractivity contribution is 7.17. The number of nitrogens with zero attached hydrogens (tertiary/aromatic N) is 2. The second-order valence-electron chi connectivity index (χ2n) is 9.79. The first-order valence-corrected chi connectivity index (χ1v) is 15.1. The maximum Gasteiger partial charge on any atom is 0.350 e. The van der Waals surface area contributed by atoms with Gasteiger partial charge in [-0.15, -0.1) is 0 Å². The molecule has 1 fully saturated rings. The number of carbonyl (C=O) groups is 3. The van der Waals surface area contributed by atoms with Crippen molar-refractivity contribution in [2.45, 2.75) is 53.0 Å². The summed E-state index contributed by atoms with van der Waals surface area (Å²) in [7, 11) is 1.50. The molecular formula is C32H36N2O8S. The molecule has 1 N–H and O–H groups in total. The summed E-state index contributed by atoms with van der Waals surface area (Å²) in [6, 6.07) is 10.7. The first-order chi connectivity index (χ1) is 20.7. The Bertz CT molecular complexity index is 1530. The molecule has 1 aliphatic rings. The standard InChI is InChI=1S/C32H36N2O8S/c1-6-9-16-42-23-14-13-20(18-24(23)39-5)26-25(27(35)21-11-10-12-22(17-21)41-15-7-2)28(36)30(37)34(26)32-33-19(4)29(43-32)31(38)40-8-3/h10-14,17-18,26,35H,6-9,15-16H2,1-5H3. The lowest BCUT2D eigenvalue weighted by molar-refractivity contribution is -0.132. The molecule has 10 nitrogen and oxygen atoms in total. The number of carbonyl (C=O) groups excluding carboxylic acids is 3. The Hall–Kier alpha value is -4.38. The molecule has 1 amide bonds. The molecule has 0 bridgehead atoms. The number of amides is 1. The number of aliphatic hydroxyl groups excluding tert-OH is 1. The Balaban J connectivity index is 1.89. The number of benzene rings is 2. The Morgan fingerprint density at radius 2 is 1.81 bits per heavy atom. The van der Waals surface area contributed by atoms with E-state index in [-0.39, 0.29) is 27.9 Å². The number of anilines is 1. The fourth-order valence-corrected chi connectivity index (χ4v) is 5.61. The SMILES string of the molecule is CCCCOc1ccc(C2C(=C(O)c3cccc(OCCC)c3)C(=O)C(=O)N2c2nc(C)c(C(=O)OCC)s2)cc1OC. The van der Waals surface area contributed by atoms with Crippen molar-refractivity contribution in [2.75, 3.05) is 31.8 Å². The van der Waals surface area contributed by atoms with Gasteiger partial charge in [0.1, 0.15) is 16.4 Å². The average molecular weight is 609 g/mol. The van der Waals surface area contributed by atoms with Crippen LogP contribution in [-0.2, 0) is 14.3 Å². The average Bonchev–Trinajstić information content (AvgIpc) is 3.52. The fourth-order valence-electron chi connectivity index (χ4n) is 4.63. The van der Waals surface area contributed by atoms with Crippen LogP contribution < -0.4 is 19.1 Å². The van der Waals surface area contributed by atoms with Crippen molar-refractivity contribution in [3.05, 3.63) is 69.7 Å². The predicted octanol–water partition coefficient (Wildman–Crippen LogP) is 6.23. The molecule has 0 spiro atoms. The van der Waals surface area contributed by atoms with Crippen LogP contribution in [0.1, 0.15) is 72.6 Å². The van der Waals surface area contributed by atoms with Crippen molar-refractivity contribution in [3.63, 3.8) is 0 Å². The van der Waals surface area contributed by atoms with E-state index in [1.165, 1.54) is 12.0 Å². The number of aryl methyl sites for hydroxylation is 1. The van der Waals surface area contributed by atoms with E-state index in [9.17, 15) is 19.5 Å². The number of rotatable bonds is 13. The number of aromatic nitrogens is 1. The Morgan fingerprint density at radius 3 is 2.51 bits per heavy atom. The van der Waals surface area contributed by atoms with E-state index in [1.54, 1.807) is 56.3 Å². The van der Waals surface area contributed by atoms with Crippen molar-refractivity contribution < 1.29 is 38.4 Å². The van der Waals surface area contributed by atoms with Crippen LogP contribution in [0.15, 0.2) is 48.0 Å². The zero-order valence-corrected chi connectivity index (χ0v) is 25.8. The topological polar surface area (TPSA) is 124 Å². The number of methoxy groups -OCH3 is 1. The van der Waals surface area contributed by atoms with Crippen LogP contribution in [0.2, 0.25) is 0 Å². The number of unbranched alkanes of at least 4 members (excludes halogenated alkanes) is 1. The molecule has 0 saturated carbocycles. The second-order valence-corrected chi connectivity index (χ2v) is 10.8. The van der Waals surface area contributed by atoms with Crippen molar-refractivity contribution in [3.8, 4) is 17.2 Å². The van der Waals surface area contributed by atoms with Crippen LogP contribution in [0, 0.1) is 6.92 Å². The molecule has 2 heterocycles. The molecule has 1 atom stereocenters. The molecular weight excluding hydrogens is 572 g/mol. The first-order valence-electron chi connectivity index (χ1n) is 14.2. The van der Waals surface area contributed by atoms with E-state index in [0.29, 0.717) is 47.3 Å². The van der Waals surface area contributed by atoms with E-state index in [2.05, 4.69) is 11.9 Å². The van der Waals surface area contributed by atoms with Crippen molar-refractivity contribution in [2.24, 2.45) is 0 Å². The number of ether oxygens (including phenoxy) is 4. The van der Waals surface area contributed by atoms with Gasteiger partial charge in [-0.05, 0) is 56.5 Å². The van der Waals surface area contributed by atoms with Gasteiger partial charge < -0.3 is 24.1 Å². The lowest BCUT2D eigenvalue weighted by Crippen LogP contribution is -2.29. The van der Waals surface area contributed by atoms with Gasteiger partial charge in [-0.25, -0.2) is 9.78 Å². The summed E-state index contributed by atoms with van der Waals surface area (Å²) in [6.07, 6.45) is 2.61. The quantitative estimate of drug-likeness (QED) is 0.0790. The number of thiazole rings is 1. The van der Waals surface area contributed by atoms with Gasteiger partial charge in [0.15, 0.2) is 16.6 Å². The molecule has 1 saturated heterocycles. The minimum absolute atomic E-state index is 0.119. The third-order valence-corrected chi connectivity index (χ3v) is 7.87. The number of ketones is 1. The third kappa shape index (κ3) is 6.67. The van der Waals surface area contributed by atoms with Gasteiger partial charge in [-0.1, -0.05) is 49.8 Å². The predicted molar refractivity (Wildman–Crippen MR) is 163 cm³/mol. The molecule has 2 aromatic carbocycles. The Morgan fingerprint density at radius 1 is 1.02 bits per heavy atom. The highest BCUT2D eigenvalue weighted by Gasteiger charge is 2.48. The van der Waals surface area contributed by atoms with Gasteiger partial charge >= 0.3 is 11.9 Å². The molecule has 0 radical (unpaired) electrons. The van der Waals surface area contributed by atoms with Crippen LogP contribution in [0.4, 0.5) is 5.13 Å². The maximum atomic E-state index is 13.7. The summed E-state index contributed by atoms with van der Waals surface area (Å²) in [4.78, 5) is 45.8. The molecule has 228 valence electrons. The van der Waals surface area contributed by atoms with Crippen LogP contribution in [0.25, 0.3) is 5.76 Å². The number of hydrogen-bond acceptors (Lipinski definition) is 10. The van der Waals surface area contributed by atoms with Crippen molar-refractivity contribution in [1.29, 1.82) is 0 Å². The largest absolute Gasteiger partial charge is 0.507 e. The smallest absolute Gasteiger partial charge is 0.350 e. The van der Waals surface area contributed by atoms with E-state index in [4.69, 9.17) is 18.9 Å². The van der Waals surface area contributed by atoms with Gasteiger partial charge in [0.2, 0.25) is 0 Å². The van der Waals surface area contributed by atoms with E-state index >= 15 is 0 Å². The van der Waals surface area contributed by atoms with Crippen molar-refractivity contribution >= 4 is 39.9 Å². The van der Waals surface area contributed by atoms with Crippen LogP contribution >= 0.6 is 11.3 Å².